The molecular formula is C14H28N2. The van der Waals surface area contributed by atoms with Gasteiger partial charge in [0, 0.05) is 6.54 Å². The number of hydrogen-bond donors (Lipinski definition) is 1. The lowest BCUT2D eigenvalue weighted by atomic mass is 9.75. The minimum absolute atomic E-state index is 0.515. The summed E-state index contributed by atoms with van der Waals surface area (Å²) in [6, 6.07) is 0. The van der Waals surface area contributed by atoms with E-state index in [-0.39, 0.29) is 0 Å². The number of piperidine rings is 1. The van der Waals surface area contributed by atoms with Crippen molar-refractivity contribution in [3.05, 3.63) is 0 Å². The lowest BCUT2D eigenvalue weighted by Crippen LogP contribution is -2.40. The Morgan fingerprint density at radius 1 is 1.12 bits per heavy atom. The molecule has 0 radical (unpaired) electrons. The van der Waals surface area contributed by atoms with Crippen molar-refractivity contribution < 1.29 is 0 Å². The van der Waals surface area contributed by atoms with Gasteiger partial charge in [-0.15, -0.1) is 0 Å². The molecule has 0 spiro atoms. The first-order valence-electron chi connectivity index (χ1n) is 6.99. The molecule has 1 atom stereocenters. The van der Waals surface area contributed by atoms with Crippen molar-refractivity contribution in [2.24, 2.45) is 17.3 Å². The van der Waals surface area contributed by atoms with Gasteiger partial charge in [0.05, 0.1) is 0 Å². The molecule has 94 valence electrons. The van der Waals surface area contributed by atoms with E-state index in [4.69, 9.17) is 0 Å². The fourth-order valence-electron chi connectivity index (χ4n) is 3.22. The first-order valence-corrected chi connectivity index (χ1v) is 6.99. The highest BCUT2D eigenvalue weighted by Gasteiger charge is 2.29. The van der Waals surface area contributed by atoms with E-state index in [2.05, 4.69) is 31.0 Å². The molecule has 2 heteroatoms. The molecule has 2 nitrogen and oxygen atoms in total. The number of hydrogen-bond acceptors (Lipinski definition) is 2. The molecule has 0 aliphatic carbocycles. The van der Waals surface area contributed by atoms with Crippen molar-refractivity contribution in [2.75, 3.05) is 32.7 Å². The van der Waals surface area contributed by atoms with Gasteiger partial charge in [0.15, 0.2) is 0 Å². The van der Waals surface area contributed by atoms with Crippen molar-refractivity contribution in [3.8, 4) is 0 Å². The van der Waals surface area contributed by atoms with Gasteiger partial charge >= 0.3 is 0 Å². The predicted molar refractivity (Wildman–Crippen MR) is 69.6 cm³/mol. The highest BCUT2D eigenvalue weighted by Crippen LogP contribution is 2.34. The maximum atomic E-state index is 3.47. The van der Waals surface area contributed by atoms with Gasteiger partial charge in [0.2, 0.25) is 0 Å². The zero-order valence-electron chi connectivity index (χ0n) is 11.3. The molecule has 0 saturated carbocycles. The normalized spacial score (nSPS) is 29.8. The molecule has 1 N–H and O–H groups in total. The highest BCUT2D eigenvalue weighted by molar-refractivity contribution is 4.82. The molecule has 16 heavy (non-hydrogen) atoms. The fraction of sp³-hybridized carbons (Fsp3) is 1.00. The van der Waals surface area contributed by atoms with Crippen LogP contribution in [0.25, 0.3) is 0 Å². The molecule has 0 aromatic rings. The van der Waals surface area contributed by atoms with E-state index in [1.165, 1.54) is 52.0 Å². The van der Waals surface area contributed by atoms with E-state index in [1.54, 1.807) is 0 Å². The largest absolute Gasteiger partial charge is 0.316 e. The average Bonchev–Trinajstić information content (AvgIpc) is 2.70. The summed E-state index contributed by atoms with van der Waals surface area (Å²) in [5, 5.41) is 3.47. The second-order valence-electron chi connectivity index (χ2n) is 6.80. The minimum Gasteiger partial charge on any atom is -0.316 e. The van der Waals surface area contributed by atoms with Crippen LogP contribution < -0.4 is 5.32 Å². The summed E-state index contributed by atoms with van der Waals surface area (Å²) in [5.74, 6) is 1.86. The Morgan fingerprint density at radius 3 is 2.31 bits per heavy atom. The Hall–Kier alpha value is -0.0800. The van der Waals surface area contributed by atoms with Crippen molar-refractivity contribution in [2.45, 2.75) is 40.0 Å². The topological polar surface area (TPSA) is 15.3 Å². The van der Waals surface area contributed by atoms with Crippen LogP contribution in [0.15, 0.2) is 0 Å². The summed E-state index contributed by atoms with van der Waals surface area (Å²) in [7, 11) is 0. The van der Waals surface area contributed by atoms with Crippen LogP contribution in [0.3, 0.4) is 0 Å². The first kappa shape index (κ1) is 12.4. The van der Waals surface area contributed by atoms with Crippen LogP contribution in [0.1, 0.15) is 40.0 Å². The van der Waals surface area contributed by atoms with Gasteiger partial charge in [-0.1, -0.05) is 20.8 Å². The Balaban J connectivity index is 1.72. The second kappa shape index (κ2) is 5.05. The molecule has 0 bridgehead atoms. The van der Waals surface area contributed by atoms with E-state index in [9.17, 15) is 0 Å². The molecule has 2 heterocycles. The van der Waals surface area contributed by atoms with Crippen LogP contribution in [-0.4, -0.2) is 37.6 Å². The van der Waals surface area contributed by atoms with Crippen LogP contribution in [0.5, 0.6) is 0 Å². The van der Waals surface area contributed by atoms with Gasteiger partial charge in [-0.05, 0) is 62.7 Å². The van der Waals surface area contributed by atoms with Gasteiger partial charge in [0.1, 0.15) is 0 Å². The van der Waals surface area contributed by atoms with Crippen LogP contribution in [-0.2, 0) is 0 Å². The van der Waals surface area contributed by atoms with Gasteiger partial charge in [-0.3, -0.25) is 0 Å². The quantitative estimate of drug-likeness (QED) is 0.774. The zero-order valence-corrected chi connectivity index (χ0v) is 11.3. The van der Waals surface area contributed by atoms with E-state index < -0.39 is 0 Å². The number of nitrogens with one attached hydrogen (secondary N) is 1. The van der Waals surface area contributed by atoms with E-state index >= 15 is 0 Å². The molecular weight excluding hydrogens is 196 g/mol. The summed E-state index contributed by atoms with van der Waals surface area (Å²) in [6.07, 6.45) is 4.20. The summed E-state index contributed by atoms with van der Waals surface area (Å²) in [5.41, 5.74) is 0.515. The Kier molecular flexibility index (Phi) is 3.91. The SMILES string of the molecule is CC(C)(C)C1CCN(C[C@H]2CCNC2)CC1. The van der Waals surface area contributed by atoms with Crippen molar-refractivity contribution in [1.82, 2.24) is 10.2 Å². The Morgan fingerprint density at radius 2 is 1.81 bits per heavy atom. The molecule has 0 unspecified atom stereocenters. The van der Waals surface area contributed by atoms with Crippen LogP contribution in [0.2, 0.25) is 0 Å². The van der Waals surface area contributed by atoms with Gasteiger partial charge < -0.3 is 10.2 Å². The summed E-state index contributed by atoms with van der Waals surface area (Å²) in [6.45, 7) is 13.7. The third-order valence-corrected chi connectivity index (χ3v) is 4.49. The fourth-order valence-corrected chi connectivity index (χ4v) is 3.22. The van der Waals surface area contributed by atoms with E-state index in [0.717, 1.165) is 11.8 Å². The standard InChI is InChI=1S/C14H28N2/c1-14(2,3)13-5-8-16(9-6-13)11-12-4-7-15-10-12/h12-13,15H,4-11H2,1-3H3/t12-/m0/s1. The van der Waals surface area contributed by atoms with Gasteiger partial charge in [-0.2, -0.15) is 0 Å². The maximum absolute atomic E-state index is 3.47. The molecule has 0 amide bonds. The summed E-state index contributed by atoms with van der Waals surface area (Å²) >= 11 is 0. The minimum atomic E-state index is 0.515. The number of rotatable bonds is 2. The summed E-state index contributed by atoms with van der Waals surface area (Å²) in [4.78, 5) is 2.69. The first-order chi connectivity index (χ1) is 7.55. The number of likely N-dealkylation sites (tertiary alicyclic amines) is 1. The average molecular weight is 224 g/mol. The second-order valence-corrected chi connectivity index (χ2v) is 6.80. The van der Waals surface area contributed by atoms with Crippen molar-refractivity contribution in [1.29, 1.82) is 0 Å². The Bertz CT molecular complexity index is 205. The smallest absolute Gasteiger partial charge is 0.00223 e. The van der Waals surface area contributed by atoms with Crippen molar-refractivity contribution in [3.63, 3.8) is 0 Å². The molecule has 2 aliphatic rings. The lowest BCUT2D eigenvalue weighted by Gasteiger charge is -2.39. The lowest BCUT2D eigenvalue weighted by molar-refractivity contribution is 0.103. The molecule has 2 aliphatic heterocycles. The van der Waals surface area contributed by atoms with E-state index in [1.807, 2.05) is 0 Å². The van der Waals surface area contributed by atoms with E-state index in [0.29, 0.717) is 5.41 Å². The maximum Gasteiger partial charge on any atom is 0.00223 e. The third-order valence-electron chi connectivity index (χ3n) is 4.49. The molecule has 2 saturated heterocycles. The predicted octanol–water partition coefficient (Wildman–Crippen LogP) is 2.35. The van der Waals surface area contributed by atoms with Gasteiger partial charge in [0.25, 0.3) is 0 Å². The number of nitrogens with zero attached hydrogens (tertiary/aromatic N) is 1. The van der Waals surface area contributed by atoms with Crippen LogP contribution in [0, 0.1) is 17.3 Å². The zero-order chi connectivity index (χ0) is 11.6. The Labute approximate surface area is 101 Å². The third kappa shape index (κ3) is 3.21. The molecule has 0 aromatic heterocycles. The van der Waals surface area contributed by atoms with Crippen molar-refractivity contribution >= 4 is 0 Å². The molecule has 2 fully saturated rings. The van der Waals surface area contributed by atoms with Crippen LogP contribution in [0.4, 0.5) is 0 Å². The van der Waals surface area contributed by atoms with Gasteiger partial charge in [-0.25, -0.2) is 0 Å². The molecule has 2 rings (SSSR count). The van der Waals surface area contributed by atoms with Crippen LogP contribution >= 0.6 is 0 Å². The monoisotopic (exact) mass is 224 g/mol. The summed E-state index contributed by atoms with van der Waals surface area (Å²) < 4.78 is 0. The highest BCUT2D eigenvalue weighted by atomic mass is 15.1. The molecule has 0 aromatic carbocycles.